The summed E-state index contributed by atoms with van der Waals surface area (Å²) < 4.78 is 5.87. The average molecular weight is 203 g/mol. The zero-order valence-electron chi connectivity index (χ0n) is 9.44. The molecular formula is C10H25NOSi. The van der Waals surface area contributed by atoms with Crippen molar-refractivity contribution in [2.45, 2.75) is 58.2 Å². The van der Waals surface area contributed by atoms with Crippen LogP contribution in [-0.4, -0.2) is 15.0 Å². The highest BCUT2D eigenvalue weighted by atomic mass is 28.4. The Labute approximate surface area is 84.0 Å². The van der Waals surface area contributed by atoms with E-state index >= 15 is 0 Å². The van der Waals surface area contributed by atoms with Crippen molar-refractivity contribution >= 4 is 8.32 Å². The van der Waals surface area contributed by atoms with Gasteiger partial charge < -0.3 is 10.2 Å². The van der Waals surface area contributed by atoms with E-state index in [1.54, 1.807) is 0 Å². The Morgan fingerprint density at radius 3 is 1.54 bits per heavy atom. The van der Waals surface area contributed by atoms with E-state index in [1.165, 1.54) is 37.4 Å². The van der Waals surface area contributed by atoms with Gasteiger partial charge in [-0.05, 0) is 18.1 Å². The molecular weight excluding hydrogens is 178 g/mol. The summed E-state index contributed by atoms with van der Waals surface area (Å²) >= 11 is 0. The standard InChI is InChI=1S/C10H25NOSi/c1-4-7-13(8-5-2,9-6-3)12-10-11/h4-11H2,1-3H3. The van der Waals surface area contributed by atoms with Crippen molar-refractivity contribution in [2.75, 3.05) is 6.73 Å². The van der Waals surface area contributed by atoms with Gasteiger partial charge in [0.2, 0.25) is 0 Å². The smallest absolute Gasteiger partial charge is 0.194 e. The van der Waals surface area contributed by atoms with E-state index in [1.807, 2.05) is 0 Å². The monoisotopic (exact) mass is 203 g/mol. The second kappa shape index (κ2) is 7.53. The molecule has 0 saturated heterocycles. The second-order valence-corrected chi connectivity index (χ2v) is 7.90. The maximum atomic E-state index is 5.87. The molecule has 0 bridgehead atoms. The van der Waals surface area contributed by atoms with Crippen LogP contribution in [0, 0.1) is 0 Å². The van der Waals surface area contributed by atoms with Crippen LogP contribution in [0.15, 0.2) is 0 Å². The van der Waals surface area contributed by atoms with Crippen LogP contribution in [0.25, 0.3) is 0 Å². The van der Waals surface area contributed by atoms with Crippen LogP contribution in [0.3, 0.4) is 0 Å². The van der Waals surface area contributed by atoms with Gasteiger partial charge in [0, 0.05) is 0 Å². The summed E-state index contributed by atoms with van der Waals surface area (Å²) in [7, 11) is -1.42. The molecule has 2 nitrogen and oxygen atoms in total. The first-order valence-electron chi connectivity index (χ1n) is 5.58. The molecule has 0 radical (unpaired) electrons. The molecule has 0 heterocycles. The quantitative estimate of drug-likeness (QED) is 0.486. The molecule has 13 heavy (non-hydrogen) atoms. The number of nitrogens with two attached hydrogens (primary N) is 1. The van der Waals surface area contributed by atoms with E-state index in [2.05, 4.69) is 20.8 Å². The highest BCUT2D eigenvalue weighted by molar-refractivity contribution is 6.73. The second-order valence-electron chi connectivity index (χ2n) is 3.74. The third-order valence-electron chi connectivity index (χ3n) is 2.51. The molecule has 0 saturated carbocycles. The summed E-state index contributed by atoms with van der Waals surface area (Å²) in [5, 5.41) is 0. The summed E-state index contributed by atoms with van der Waals surface area (Å²) in [4.78, 5) is 0. The Kier molecular flexibility index (Phi) is 7.61. The van der Waals surface area contributed by atoms with Crippen LogP contribution in [0.5, 0.6) is 0 Å². The van der Waals surface area contributed by atoms with E-state index in [9.17, 15) is 0 Å². The van der Waals surface area contributed by atoms with E-state index in [0.29, 0.717) is 6.73 Å². The van der Waals surface area contributed by atoms with Crippen LogP contribution >= 0.6 is 0 Å². The third-order valence-corrected chi connectivity index (χ3v) is 7.52. The van der Waals surface area contributed by atoms with E-state index in [4.69, 9.17) is 10.2 Å². The molecule has 3 heteroatoms. The fraction of sp³-hybridized carbons (Fsp3) is 1.00. The summed E-state index contributed by atoms with van der Waals surface area (Å²) in [6.45, 7) is 7.15. The Hall–Kier alpha value is 0.137. The minimum atomic E-state index is -1.42. The summed E-state index contributed by atoms with van der Waals surface area (Å²) in [5.41, 5.74) is 5.52. The Morgan fingerprint density at radius 2 is 1.31 bits per heavy atom. The lowest BCUT2D eigenvalue weighted by molar-refractivity contribution is 0.306. The molecule has 0 rings (SSSR count). The van der Waals surface area contributed by atoms with E-state index in [-0.39, 0.29) is 0 Å². The zero-order chi connectivity index (χ0) is 10.2. The molecule has 0 fully saturated rings. The Bertz CT molecular complexity index is 90.0. The Balaban J connectivity index is 4.19. The van der Waals surface area contributed by atoms with Crippen molar-refractivity contribution in [2.24, 2.45) is 5.73 Å². The molecule has 0 amide bonds. The molecule has 0 unspecified atom stereocenters. The average Bonchev–Trinajstić information content (AvgIpc) is 2.06. The first-order chi connectivity index (χ1) is 6.24. The third kappa shape index (κ3) is 4.79. The Morgan fingerprint density at radius 1 is 0.923 bits per heavy atom. The molecule has 0 aromatic rings. The van der Waals surface area contributed by atoms with Crippen molar-refractivity contribution < 1.29 is 4.43 Å². The predicted molar refractivity (Wildman–Crippen MR) is 61.2 cm³/mol. The topological polar surface area (TPSA) is 35.2 Å². The molecule has 80 valence electrons. The zero-order valence-corrected chi connectivity index (χ0v) is 10.4. The summed E-state index contributed by atoms with van der Waals surface area (Å²) in [6.07, 6.45) is 3.73. The van der Waals surface area contributed by atoms with Crippen molar-refractivity contribution in [3.8, 4) is 0 Å². The lowest BCUT2D eigenvalue weighted by Crippen LogP contribution is -2.39. The molecule has 0 atom stereocenters. The molecule has 0 spiro atoms. The van der Waals surface area contributed by atoms with Crippen molar-refractivity contribution in [3.05, 3.63) is 0 Å². The lowest BCUT2D eigenvalue weighted by Gasteiger charge is -2.30. The fourth-order valence-electron chi connectivity index (χ4n) is 2.14. The van der Waals surface area contributed by atoms with Gasteiger partial charge in [-0.2, -0.15) is 0 Å². The van der Waals surface area contributed by atoms with Crippen molar-refractivity contribution in [1.29, 1.82) is 0 Å². The minimum Gasteiger partial charge on any atom is -0.405 e. The molecule has 0 aliphatic carbocycles. The van der Waals surface area contributed by atoms with Gasteiger partial charge in [0.25, 0.3) is 0 Å². The maximum absolute atomic E-state index is 5.87. The van der Waals surface area contributed by atoms with Gasteiger partial charge in [-0.25, -0.2) is 0 Å². The van der Waals surface area contributed by atoms with Crippen LogP contribution in [0.1, 0.15) is 40.0 Å². The molecule has 0 aliphatic heterocycles. The van der Waals surface area contributed by atoms with Gasteiger partial charge in [-0.15, -0.1) is 0 Å². The molecule has 0 aromatic heterocycles. The van der Waals surface area contributed by atoms with Crippen LogP contribution in [-0.2, 0) is 4.43 Å². The fourth-order valence-corrected chi connectivity index (χ4v) is 6.41. The largest absolute Gasteiger partial charge is 0.405 e. The number of hydrogen-bond acceptors (Lipinski definition) is 2. The van der Waals surface area contributed by atoms with Gasteiger partial charge in [-0.3, -0.25) is 0 Å². The SMILES string of the molecule is CCC[Si](CCC)(CCC)OCN. The van der Waals surface area contributed by atoms with Gasteiger partial charge >= 0.3 is 0 Å². The predicted octanol–water partition coefficient (Wildman–Crippen LogP) is 3.09. The van der Waals surface area contributed by atoms with Gasteiger partial charge in [0.05, 0.1) is 6.73 Å². The first-order valence-corrected chi connectivity index (χ1v) is 8.11. The highest BCUT2D eigenvalue weighted by Crippen LogP contribution is 2.26. The molecule has 0 aromatic carbocycles. The lowest BCUT2D eigenvalue weighted by atomic mass is 10.6. The summed E-state index contributed by atoms with van der Waals surface area (Å²) in [5.74, 6) is 0. The van der Waals surface area contributed by atoms with E-state index in [0.717, 1.165) is 0 Å². The van der Waals surface area contributed by atoms with Gasteiger partial charge in [0.1, 0.15) is 0 Å². The highest BCUT2D eigenvalue weighted by Gasteiger charge is 2.31. The molecule has 0 aliphatic rings. The normalized spacial score (nSPS) is 12.0. The molecule has 2 N–H and O–H groups in total. The van der Waals surface area contributed by atoms with Gasteiger partial charge in [0.15, 0.2) is 8.32 Å². The van der Waals surface area contributed by atoms with E-state index < -0.39 is 8.32 Å². The maximum Gasteiger partial charge on any atom is 0.194 e. The first kappa shape index (κ1) is 13.1. The number of rotatable bonds is 8. The van der Waals surface area contributed by atoms with Crippen LogP contribution in [0.2, 0.25) is 18.1 Å². The van der Waals surface area contributed by atoms with Crippen molar-refractivity contribution in [3.63, 3.8) is 0 Å². The minimum absolute atomic E-state index is 0.423. The van der Waals surface area contributed by atoms with Gasteiger partial charge in [-0.1, -0.05) is 40.0 Å². The van der Waals surface area contributed by atoms with Crippen LogP contribution in [0.4, 0.5) is 0 Å². The number of hydrogen-bond donors (Lipinski definition) is 1. The summed E-state index contributed by atoms with van der Waals surface area (Å²) in [6, 6.07) is 3.85. The van der Waals surface area contributed by atoms with Crippen LogP contribution < -0.4 is 5.73 Å². The van der Waals surface area contributed by atoms with Crippen molar-refractivity contribution in [1.82, 2.24) is 0 Å².